The number of hydrogen-bond donors (Lipinski definition) is 1. The van der Waals surface area contributed by atoms with E-state index in [1.807, 2.05) is 13.1 Å². The summed E-state index contributed by atoms with van der Waals surface area (Å²) in [6.07, 6.45) is 10.4. The van der Waals surface area contributed by atoms with E-state index < -0.39 is 0 Å². The molecule has 0 aliphatic heterocycles. The lowest BCUT2D eigenvalue weighted by Gasteiger charge is -2.23. The normalized spacial score (nSPS) is 18.8. The van der Waals surface area contributed by atoms with Crippen LogP contribution in [0.25, 0.3) is 0 Å². The minimum atomic E-state index is -0.160. The SMILES string of the molecule is CNC(Cc1cccc(F)c1Br)CC1CCCCCC1. The van der Waals surface area contributed by atoms with Gasteiger partial charge < -0.3 is 5.32 Å². The summed E-state index contributed by atoms with van der Waals surface area (Å²) in [7, 11) is 2.02. The Labute approximate surface area is 130 Å². The van der Waals surface area contributed by atoms with E-state index >= 15 is 0 Å². The summed E-state index contributed by atoms with van der Waals surface area (Å²) in [5.74, 6) is 0.675. The molecule has 112 valence electrons. The Kier molecular flexibility index (Phi) is 6.50. The smallest absolute Gasteiger partial charge is 0.137 e. The van der Waals surface area contributed by atoms with Crippen LogP contribution in [0.3, 0.4) is 0 Å². The molecule has 0 bridgehead atoms. The van der Waals surface area contributed by atoms with Crippen molar-refractivity contribution in [3.63, 3.8) is 0 Å². The number of rotatable bonds is 5. The Bertz CT molecular complexity index is 413. The van der Waals surface area contributed by atoms with Crippen molar-refractivity contribution >= 4 is 15.9 Å². The molecular weight excluding hydrogens is 317 g/mol. The van der Waals surface area contributed by atoms with Crippen LogP contribution in [0.1, 0.15) is 50.5 Å². The number of nitrogens with one attached hydrogen (secondary N) is 1. The first kappa shape index (κ1) is 16.0. The lowest BCUT2D eigenvalue weighted by atomic mass is 9.90. The first-order valence-corrected chi connectivity index (χ1v) is 8.60. The van der Waals surface area contributed by atoms with Crippen LogP contribution in [0.4, 0.5) is 4.39 Å². The maximum atomic E-state index is 13.6. The monoisotopic (exact) mass is 341 g/mol. The largest absolute Gasteiger partial charge is 0.317 e. The highest BCUT2D eigenvalue weighted by molar-refractivity contribution is 9.10. The van der Waals surface area contributed by atoms with Crippen molar-refractivity contribution in [2.24, 2.45) is 5.92 Å². The van der Waals surface area contributed by atoms with Gasteiger partial charge in [-0.1, -0.05) is 50.7 Å². The fraction of sp³-hybridized carbons (Fsp3) is 0.647. The molecule has 1 atom stereocenters. The number of likely N-dealkylation sites (N-methyl/N-ethyl adjacent to an activating group) is 1. The van der Waals surface area contributed by atoms with Crippen LogP contribution in [0.15, 0.2) is 22.7 Å². The lowest BCUT2D eigenvalue weighted by Crippen LogP contribution is -2.30. The Morgan fingerprint density at radius 2 is 1.95 bits per heavy atom. The maximum absolute atomic E-state index is 13.6. The molecule has 1 nitrogen and oxygen atoms in total. The zero-order valence-corrected chi connectivity index (χ0v) is 13.9. The van der Waals surface area contributed by atoms with E-state index in [4.69, 9.17) is 0 Å². The van der Waals surface area contributed by atoms with Gasteiger partial charge in [0, 0.05) is 6.04 Å². The van der Waals surface area contributed by atoms with Gasteiger partial charge >= 0.3 is 0 Å². The van der Waals surface area contributed by atoms with Gasteiger partial charge in [-0.3, -0.25) is 0 Å². The number of benzene rings is 1. The molecule has 0 amide bonds. The molecule has 3 heteroatoms. The molecule has 1 unspecified atom stereocenters. The van der Waals surface area contributed by atoms with Crippen molar-refractivity contribution < 1.29 is 4.39 Å². The van der Waals surface area contributed by atoms with Gasteiger partial charge in [-0.25, -0.2) is 4.39 Å². The molecule has 0 aromatic heterocycles. The second-order valence-electron chi connectivity index (χ2n) is 6.00. The summed E-state index contributed by atoms with van der Waals surface area (Å²) in [5, 5.41) is 3.42. The Morgan fingerprint density at radius 3 is 2.60 bits per heavy atom. The molecule has 0 saturated heterocycles. The fourth-order valence-corrected chi connectivity index (χ4v) is 3.70. The van der Waals surface area contributed by atoms with E-state index in [2.05, 4.69) is 21.2 Å². The van der Waals surface area contributed by atoms with Gasteiger partial charge in [0.2, 0.25) is 0 Å². The molecule has 0 spiro atoms. The summed E-state index contributed by atoms with van der Waals surface area (Å²) in [6.45, 7) is 0. The van der Waals surface area contributed by atoms with Gasteiger partial charge in [-0.05, 0) is 53.4 Å². The minimum Gasteiger partial charge on any atom is -0.317 e. The van der Waals surface area contributed by atoms with Gasteiger partial charge in [0.1, 0.15) is 5.82 Å². The average molecular weight is 342 g/mol. The predicted octanol–water partition coefficient (Wildman–Crippen LogP) is 5.08. The van der Waals surface area contributed by atoms with Crippen LogP contribution in [0, 0.1) is 11.7 Å². The van der Waals surface area contributed by atoms with E-state index in [-0.39, 0.29) is 5.82 Å². The summed E-state index contributed by atoms with van der Waals surface area (Å²) in [4.78, 5) is 0. The quantitative estimate of drug-likeness (QED) is 0.736. The van der Waals surface area contributed by atoms with Crippen molar-refractivity contribution in [3.8, 4) is 0 Å². The van der Waals surface area contributed by atoms with Gasteiger partial charge in [0.25, 0.3) is 0 Å². The van der Waals surface area contributed by atoms with Gasteiger partial charge in [-0.15, -0.1) is 0 Å². The van der Waals surface area contributed by atoms with E-state index in [0.29, 0.717) is 10.5 Å². The second kappa shape index (κ2) is 8.14. The molecule has 0 radical (unpaired) electrons. The number of halogens is 2. The van der Waals surface area contributed by atoms with Crippen LogP contribution in [-0.4, -0.2) is 13.1 Å². The first-order valence-electron chi connectivity index (χ1n) is 7.81. The fourth-order valence-electron chi connectivity index (χ4n) is 3.28. The molecule has 1 aliphatic rings. The third-order valence-corrected chi connectivity index (χ3v) is 5.39. The van der Waals surface area contributed by atoms with E-state index in [1.54, 1.807) is 6.07 Å². The average Bonchev–Trinajstić information content (AvgIpc) is 2.71. The Balaban J connectivity index is 1.95. The molecule has 1 aliphatic carbocycles. The van der Waals surface area contributed by atoms with Gasteiger partial charge in [-0.2, -0.15) is 0 Å². The van der Waals surface area contributed by atoms with E-state index in [9.17, 15) is 4.39 Å². The highest BCUT2D eigenvalue weighted by atomic mass is 79.9. The molecule has 20 heavy (non-hydrogen) atoms. The summed E-state index contributed by atoms with van der Waals surface area (Å²) < 4.78 is 14.2. The molecule has 1 aromatic carbocycles. The highest BCUT2D eigenvalue weighted by Gasteiger charge is 2.18. The predicted molar refractivity (Wildman–Crippen MR) is 86.5 cm³/mol. The minimum absolute atomic E-state index is 0.160. The molecule has 1 saturated carbocycles. The molecule has 1 aromatic rings. The highest BCUT2D eigenvalue weighted by Crippen LogP contribution is 2.28. The standard InChI is InChI=1S/C17H25BrFN/c1-20-15(11-13-7-4-2-3-5-8-13)12-14-9-6-10-16(19)17(14)18/h6,9-10,13,15,20H,2-5,7-8,11-12H2,1H3. The lowest BCUT2D eigenvalue weighted by molar-refractivity contribution is 0.361. The van der Waals surface area contributed by atoms with Gasteiger partial charge in [0.15, 0.2) is 0 Å². The first-order chi connectivity index (χ1) is 9.70. The van der Waals surface area contributed by atoms with Gasteiger partial charge in [0.05, 0.1) is 4.47 Å². The molecule has 0 heterocycles. The molecule has 1 N–H and O–H groups in total. The zero-order valence-electron chi connectivity index (χ0n) is 12.3. The third-order valence-electron chi connectivity index (χ3n) is 4.50. The summed E-state index contributed by atoms with van der Waals surface area (Å²) >= 11 is 3.37. The third kappa shape index (κ3) is 4.56. The molecular formula is C17H25BrFN. The zero-order chi connectivity index (χ0) is 14.4. The van der Waals surface area contributed by atoms with Crippen LogP contribution < -0.4 is 5.32 Å². The summed E-state index contributed by atoms with van der Waals surface area (Å²) in [6, 6.07) is 5.77. The van der Waals surface area contributed by atoms with Crippen molar-refractivity contribution in [2.45, 2.75) is 57.4 Å². The second-order valence-corrected chi connectivity index (χ2v) is 6.79. The van der Waals surface area contributed by atoms with Crippen molar-refractivity contribution in [3.05, 3.63) is 34.1 Å². The Hall–Kier alpha value is -0.410. The van der Waals surface area contributed by atoms with Crippen molar-refractivity contribution in [1.82, 2.24) is 5.32 Å². The van der Waals surface area contributed by atoms with E-state index in [0.717, 1.165) is 17.9 Å². The van der Waals surface area contributed by atoms with Crippen LogP contribution in [0.5, 0.6) is 0 Å². The van der Waals surface area contributed by atoms with Crippen LogP contribution in [-0.2, 0) is 6.42 Å². The van der Waals surface area contributed by atoms with Crippen molar-refractivity contribution in [1.29, 1.82) is 0 Å². The van der Waals surface area contributed by atoms with Crippen molar-refractivity contribution in [2.75, 3.05) is 7.05 Å². The molecule has 2 rings (SSSR count). The van der Waals surface area contributed by atoms with Crippen LogP contribution in [0.2, 0.25) is 0 Å². The van der Waals surface area contributed by atoms with Crippen LogP contribution >= 0.6 is 15.9 Å². The topological polar surface area (TPSA) is 12.0 Å². The van der Waals surface area contributed by atoms with E-state index in [1.165, 1.54) is 51.0 Å². The molecule has 1 fully saturated rings. The Morgan fingerprint density at radius 1 is 1.25 bits per heavy atom. The maximum Gasteiger partial charge on any atom is 0.137 e. The summed E-state index contributed by atoms with van der Waals surface area (Å²) in [5.41, 5.74) is 1.07. The number of hydrogen-bond acceptors (Lipinski definition) is 1.